The standard InChI is InChI=1S/2C11H23NO4S.Ca/c2*1-3-4-5-6-7-8-11(13)12(2)9-10-17(14,15)16;/h2*3-10H2,1-2H3,(H,14,15,16);/q;;+2/p-2. The Labute approximate surface area is 243 Å². The summed E-state index contributed by atoms with van der Waals surface area (Å²) in [6.07, 6.45) is 11.5. The SMILES string of the molecule is CCCCCCCC(=O)N(C)CCS(=O)(=O)[O-].CCCCCCCC(=O)N(C)CCS(=O)(=O)[O-].[Ca+2]. The van der Waals surface area contributed by atoms with E-state index in [1.807, 2.05) is 0 Å². The Bertz CT molecular complexity index is 697. The molecule has 0 heterocycles. The number of nitrogens with zero attached hydrogens (tertiary/aromatic N) is 2. The summed E-state index contributed by atoms with van der Waals surface area (Å²) in [6, 6.07) is 0. The van der Waals surface area contributed by atoms with E-state index in [9.17, 15) is 35.5 Å². The predicted molar refractivity (Wildman–Crippen MR) is 137 cm³/mol. The summed E-state index contributed by atoms with van der Waals surface area (Å²) in [6.45, 7) is 4.23. The van der Waals surface area contributed by atoms with Crippen LogP contribution in [0, 0.1) is 0 Å². The zero-order valence-corrected chi connectivity index (χ0v) is 25.8. The van der Waals surface area contributed by atoms with E-state index in [2.05, 4.69) is 13.8 Å². The maximum atomic E-state index is 11.5. The normalized spacial score (nSPS) is 11.1. The summed E-state index contributed by atoms with van der Waals surface area (Å²) in [5.41, 5.74) is 0. The molecule has 0 atom stereocenters. The number of amides is 2. The first-order valence-corrected chi connectivity index (χ1v) is 15.2. The number of hydrogen-bond donors (Lipinski definition) is 0. The van der Waals surface area contributed by atoms with Gasteiger partial charge >= 0.3 is 37.7 Å². The molecule has 0 aliphatic rings. The smallest absolute Gasteiger partial charge is 0.748 e. The van der Waals surface area contributed by atoms with Crippen molar-refractivity contribution in [3.05, 3.63) is 0 Å². The summed E-state index contributed by atoms with van der Waals surface area (Å²) in [7, 11) is -5.40. The summed E-state index contributed by atoms with van der Waals surface area (Å²) >= 11 is 0. The number of hydrogen-bond acceptors (Lipinski definition) is 8. The van der Waals surface area contributed by atoms with Gasteiger partial charge in [0.05, 0.1) is 31.7 Å². The van der Waals surface area contributed by atoms with Crippen LogP contribution < -0.4 is 0 Å². The van der Waals surface area contributed by atoms with Crippen molar-refractivity contribution in [2.24, 2.45) is 0 Å². The van der Waals surface area contributed by atoms with Crippen LogP contribution in [0.2, 0.25) is 0 Å². The summed E-state index contributed by atoms with van der Waals surface area (Å²) in [5, 5.41) is 0. The van der Waals surface area contributed by atoms with Crippen LogP contribution in [0.3, 0.4) is 0 Å². The Hall–Kier alpha value is 0.0197. The first-order valence-electron chi connectivity index (χ1n) is 12.1. The number of unbranched alkanes of at least 4 members (excludes halogenated alkanes) is 8. The fourth-order valence-electron chi connectivity index (χ4n) is 2.89. The van der Waals surface area contributed by atoms with Gasteiger partial charge in [0.2, 0.25) is 11.8 Å². The second kappa shape index (κ2) is 23.2. The van der Waals surface area contributed by atoms with Crippen molar-refractivity contribution in [1.82, 2.24) is 9.80 Å². The van der Waals surface area contributed by atoms with Crippen molar-refractivity contribution in [2.75, 3.05) is 38.7 Å². The topological polar surface area (TPSA) is 155 Å². The summed E-state index contributed by atoms with van der Waals surface area (Å²) < 4.78 is 62.4. The van der Waals surface area contributed by atoms with E-state index in [4.69, 9.17) is 0 Å². The van der Waals surface area contributed by atoms with Gasteiger partial charge in [-0.3, -0.25) is 9.59 Å². The van der Waals surface area contributed by atoms with E-state index in [0.717, 1.165) is 51.4 Å². The monoisotopic (exact) mass is 568 g/mol. The largest absolute Gasteiger partial charge is 2.00 e. The molecule has 0 aliphatic carbocycles. The molecule has 0 aromatic rings. The third kappa shape index (κ3) is 30.1. The van der Waals surface area contributed by atoms with Crippen LogP contribution >= 0.6 is 0 Å². The molecule has 0 aliphatic heterocycles. The van der Waals surface area contributed by atoms with Crippen LogP contribution in [-0.2, 0) is 29.8 Å². The second-order valence-electron chi connectivity index (χ2n) is 8.48. The Morgan fingerprint density at radius 3 is 1.14 bits per heavy atom. The van der Waals surface area contributed by atoms with Crippen molar-refractivity contribution in [1.29, 1.82) is 0 Å². The van der Waals surface area contributed by atoms with Gasteiger partial charge in [-0.1, -0.05) is 65.2 Å². The second-order valence-corrected chi connectivity index (χ2v) is 11.5. The van der Waals surface area contributed by atoms with Crippen LogP contribution in [0.4, 0.5) is 0 Å². The Morgan fingerprint density at radius 1 is 0.600 bits per heavy atom. The molecule has 0 unspecified atom stereocenters. The zero-order chi connectivity index (χ0) is 26.6. The minimum Gasteiger partial charge on any atom is -0.748 e. The Morgan fingerprint density at radius 2 is 0.886 bits per heavy atom. The molecule has 0 saturated heterocycles. The zero-order valence-electron chi connectivity index (χ0n) is 22.0. The van der Waals surface area contributed by atoms with Gasteiger partial charge in [0.15, 0.2) is 0 Å². The van der Waals surface area contributed by atoms with Gasteiger partial charge in [-0.05, 0) is 12.8 Å². The molecule has 0 aromatic heterocycles. The molecule has 0 fully saturated rings. The van der Waals surface area contributed by atoms with E-state index in [-0.39, 0.29) is 62.6 Å². The first kappa shape index (κ1) is 39.5. The van der Waals surface area contributed by atoms with E-state index in [0.29, 0.717) is 12.8 Å². The van der Waals surface area contributed by atoms with E-state index < -0.39 is 31.7 Å². The van der Waals surface area contributed by atoms with Gasteiger partial charge in [-0.2, -0.15) is 0 Å². The first-order chi connectivity index (χ1) is 15.7. The Balaban J connectivity index is -0.000000569. The van der Waals surface area contributed by atoms with Crippen molar-refractivity contribution in [2.45, 2.75) is 90.9 Å². The fourth-order valence-corrected chi connectivity index (χ4v) is 3.88. The van der Waals surface area contributed by atoms with Crippen molar-refractivity contribution < 1.29 is 35.5 Å². The predicted octanol–water partition coefficient (Wildman–Crippen LogP) is 2.32. The van der Waals surface area contributed by atoms with Crippen molar-refractivity contribution in [3.8, 4) is 0 Å². The van der Waals surface area contributed by atoms with Gasteiger partial charge < -0.3 is 18.9 Å². The van der Waals surface area contributed by atoms with Crippen molar-refractivity contribution >= 4 is 69.8 Å². The van der Waals surface area contributed by atoms with Crippen LogP contribution in [0.25, 0.3) is 0 Å². The molecule has 0 rings (SSSR count). The van der Waals surface area contributed by atoms with Gasteiger partial charge in [0.25, 0.3) is 0 Å². The van der Waals surface area contributed by atoms with E-state index >= 15 is 0 Å². The minimum absolute atomic E-state index is 0. The van der Waals surface area contributed by atoms with Crippen LogP contribution in [-0.4, -0.2) is 124 Å². The molecule has 13 heteroatoms. The van der Waals surface area contributed by atoms with E-state index in [1.54, 1.807) is 0 Å². The average molecular weight is 569 g/mol. The van der Waals surface area contributed by atoms with E-state index in [1.165, 1.54) is 36.7 Å². The molecule has 0 bridgehead atoms. The maximum Gasteiger partial charge on any atom is 2.00 e. The van der Waals surface area contributed by atoms with Crippen molar-refractivity contribution in [3.63, 3.8) is 0 Å². The molecule has 0 radical (unpaired) electrons. The number of carbonyl (C=O) groups is 2. The molecular formula is C22H44CaN2O8S2. The number of carbonyl (C=O) groups excluding carboxylic acids is 2. The van der Waals surface area contributed by atoms with Gasteiger partial charge in [0.1, 0.15) is 0 Å². The summed E-state index contributed by atoms with van der Waals surface area (Å²) in [5.74, 6) is -1.20. The van der Waals surface area contributed by atoms with Crippen LogP contribution in [0.1, 0.15) is 90.9 Å². The molecule has 0 aromatic carbocycles. The minimum atomic E-state index is -4.23. The summed E-state index contributed by atoms with van der Waals surface area (Å²) in [4.78, 5) is 25.7. The van der Waals surface area contributed by atoms with Gasteiger partial charge in [-0.25, -0.2) is 16.8 Å². The molecule has 204 valence electrons. The molecule has 2 amide bonds. The average Bonchev–Trinajstić information content (AvgIpc) is 2.74. The molecule has 35 heavy (non-hydrogen) atoms. The number of rotatable bonds is 18. The third-order valence-electron chi connectivity index (χ3n) is 5.19. The fraction of sp³-hybridized carbons (Fsp3) is 0.909. The quantitative estimate of drug-likeness (QED) is 0.139. The molecule has 0 saturated carbocycles. The Kier molecular flexibility index (Phi) is 26.2. The van der Waals surface area contributed by atoms with Gasteiger partial charge in [-0.15, -0.1) is 0 Å². The molecular weight excluding hydrogens is 524 g/mol. The van der Waals surface area contributed by atoms with Crippen LogP contribution in [0.5, 0.6) is 0 Å². The molecule has 0 N–H and O–H groups in total. The van der Waals surface area contributed by atoms with Gasteiger partial charge in [0, 0.05) is 40.0 Å². The van der Waals surface area contributed by atoms with Crippen LogP contribution in [0.15, 0.2) is 0 Å². The third-order valence-corrected chi connectivity index (χ3v) is 6.56. The molecule has 0 spiro atoms. The maximum absolute atomic E-state index is 11.5. The molecule has 10 nitrogen and oxygen atoms in total.